The van der Waals surface area contributed by atoms with Crippen LogP contribution < -0.4 is 15.5 Å². The van der Waals surface area contributed by atoms with E-state index in [1.54, 1.807) is 12.1 Å². The highest BCUT2D eigenvalue weighted by atomic mass is 32.1. The molecule has 1 unspecified atom stereocenters. The van der Waals surface area contributed by atoms with E-state index >= 15 is 0 Å². The SMILES string of the molecule is CCC(C)(C)NC(=O)C(c1ccc(C)cc1)N(C(=O)CNC(=O)c1cccs1)c1cccc(C)c1. The summed E-state index contributed by atoms with van der Waals surface area (Å²) >= 11 is 1.31. The quantitative estimate of drug-likeness (QED) is 0.433. The molecule has 3 amide bonds. The minimum absolute atomic E-state index is 0.239. The van der Waals surface area contributed by atoms with Gasteiger partial charge in [0.2, 0.25) is 11.8 Å². The zero-order valence-electron chi connectivity index (χ0n) is 20.9. The first kappa shape index (κ1) is 26.2. The fraction of sp³-hybridized carbons (Fsp3) is 0.321. The van der Waals surface area contributed by atoms with Crippen LogP contribution in [-0.2, 0) is 9.59 Å². The summed E-state index contributed by atoms with van der Waals surface area (Å²) < 4.78 is 0. The Morgan fingerprint density at radius 2 is 1.69 bits per heavy atom. The maximum absolute atomic E-state index is 13.7. The van der Waals surface area contributed by atoms with Crippen LogP contribution in [0.25, 0.3) is 0 Å². The summed E-state index contributed by atoms with van der Waals surface area (Å²) in [6.45, 7) is 9.59. The molecule has 7 heteroatoms. The molecule has 1 atom stereocenters. The molecule has 0 spiro atoms. The van der Waals surface area contributed by atoms with Crippen molar-refractivity contribution in [2.75, 3.05) is 11.4 Å². The van der Waals surface area contributed by atoms with E-state index in [-0.39, 0.29) is 24.3 Å². The van der Waals surface area contributed by atoms with Crippen LogP contribution in [0.1, 0.15) is 59.6 Å². The number of carbonyl (C=O) groups excluding carboxylic acids is 3. The number of nitrogens with one attached hydrogen (secondary N) is 2. The van der Waals surface area contributed by atoms with Gasteiger partial charge < -0.3 is 10.6 Å². The number of benzene rings is 2. The maximum atomic E-state index is 13.7. The number of thiophene rings is 1. The number of hydrogen-bond donors (Lipinski definition) is 2. The summed E-state index contributed by atoms with van der Waals surface area (Å²) in [4.78, 5) is 42.0. The molecule has 1 aromatic heterocycles. The Morgan fingerprint density at radius 1 is 0.971 bits per heavy atom. The molecule has 6 nitrogen and oxygen atoms in total. The highest BCUT2D eigenvalue weighted by Crippen LogP contribution is 2.30. The van der Waals surface area contributed by atoms with Crippen LogP contribution in [0.5, 0.6) is 0 Å². The molecule has 0 saturated heterocycles. The van der Waals surface area contributed by atoms with Gasteiger partial charge in [-0.25, -0.2) is 0 Å². The van der Waals surface area contributed by atoms with Crippen LogP contribution in [0.3, 0.4) is 0 Å². The van der Waals surface area contributed by atoms with E-state index < -0.39 is 11.6 Å². The third kappa shape index (κ3) is 6.79. The number of hydrogen-bond acceptors (Lipinski definition) is 4. The van der Waals surface area contributed by atoms with E-state index in [2.05, 4.69) is 10.6 Å². The summed E-state index contributed by atoms with van der Waals surface area (Å²) in [6.07, 6.45) is 0.731. The van der Waals surface area contributed by atoms with Crippen LogP contribution in [0.15, 0.2) is 66.0 Å². The number of nitrogens with zero attached hydrogens (tertiary/aromatic N) is 1. The monoisotopic (exact) mass is 491 g/mol. The summed E-state index contributed by atoms with van der Waals surface area (Å²) in [7, 11) is 0. The smallest absolute Gasteiger partial charge is 0.261 e. The third-order valence-electron chi connectivity index (χ3n) is 5.94. The Hall–Kier alpha value is -3.45. The van der Waals surface area contributed by atoms with Crippen molar-refractivity contribution in [3.63, 3.8) is 0 Å². The Balaban J connectivity index is 2.03. The lowest BCUT2D eigenvalue weighted by molar-refractivity contribution is -0.127. The molecule has 0 aliphatic rings. The first-order valence-electron chi connectivity index (χ1n) is 11.7. The molecule has 2 N–H and O–H groups in total. The fourth-order valence-corrected chi connectivity index (χ4v) is 4.25. The van der Waals surface area contributed by atoms with Gasteiger partial charge in [0.1, 0.15) is 6.04 Å². The van der Waals surface area contributed by atoms with Gasteiger partial charge in [-0.15, -0.1) is 11.3 Å². The average molecular weight is 492 g/mol. The van der Waals surface area contributed by atoms with Gasteiger partial charge in [0, 0.05) is 11.2 Å². The molecule has 0 bridgehead atoms. The fourth-order valence-electron chi connectivity index (χ4n) is 3.61. The van der Waals surface area contributed by atoms with Gasteiger partial charge in [-0.05, 0) is 68.8 Å². The van der Waals surface area contributed by atoms with Crippen molar-refractivity contribution in [1.82, 2.24) is 10.6 Å². The molecule has 0 fully saturated rings. The first-order valence-corrected chi connectivity index (χ1v) is 12.6. The lowest BCUT2D eigenvalue weighted by Crippen LogP contribution is -2.52. The van der Waals surface area contributed by atoms with Crippen LogP contribution in [0.2, 0.25) is 0 Å². The minimum Gasteiger partial charge on any atom is -0.349 e. The molecule has 0 saturated carbocycles. The second-order valence-corrected chi connectivity index (χ2v) is 10.3. The van der Waals surface area contributed by atoms with Gasteiger partial charge in [0.05, 0.1) is 11.4 Å². The first-order chi connectivity index (χ1) is 16.6. The molecular weight excluding hydrogens is 458 g/mol. The highest BCUT2D eigenvalue weighted by molar-refractivity contribution is 7.12. The van der Waals surface area contributed by atoms with Gasteiger partial charge in [-0.2, -0.15) is 0 Å². The van der Waals surface area contributed by atoms with E-state index in [0.717, 1.165) is 17.5 Å². The molecule has 0 aliphatic heterocycles. The summed E-state index contributed by atoms with van der Waals surface area (Å²) in [5, 5.41) is 7.63. The molecule has 184 valence electrons. The van der Waals surface area contributed by atoms with Crippen LogP contribution in [0, 0.1) is 13.8 Å². The van der Waals surface area contributed by atoms with Gasteiger partial charge in [0.25, 0.3) is 5.91 Å². The molecule has 35 heavy (non-hydrogen) atoms. The Kier molecular flexibility index (Phi) is 8.46. The van der Waals surface area contributed by atoms with E-state index in [0.29, 0.717) is 16.1 Å². The lowest BCUT2D eigenvalue weighted by atomic mass is 9.97. The molecule has 3 rings (SSSR count). The molecule has 1 heterocycles. The average Bonchev–Trinajstić information content (AvgIpc) is 3.36. The predicted octanol–water partition coefficient (Wildman–Crippen LogP) is 5.17. The predicted molar refractivity (Wildman–Crippen MR) is 142 cm³/mol. The van der Waals surface area contributed by atoms with Crippen molar-refractivity contribution in [1.29, 1.82) is 0 Å². The zero-order chi connectivity index (χ0) is 25.6. The Morgan fingerprint density at radius 3 is 2.29 bits per heavy atom. The van der Waals surface area contributed by atoms with Crippen molar-refractivity contribution < 1.29 is 14.4 Å². The Bertz CT molecular complexity index is 1170. The number of rotatable bonds is 9. The Labute approximate surface area is 211 Å². The van der Waals surface area contributed by atoms with E-state index in [4.69, 9.17) is 0 Å². The molecule has 0 aliphatic carbocycles. The third-order valence-corrected chi connectivity index (χ3v) is 6.81. The van der Waals surface area contributed by atoms with Crippen LogP contribution in [-0.4, -0.2) is 29.8 Å². The maximum Gasteiger partial charge on any atom is 0.261 e. The minimum atomic E-state index is -0.908. The topological polar surface area (TPSA) is 78.5 Å². The number of aryl methyl sites for hydroxylation is 2. The molecular formula is C28H33N3O3S. The van der Waals surface area contributed by atoms with Gasteiger partial charge in [-0.3, -0.25) is 19.3 Å². The molecule has 2 aromatic carbocycles. The van der Waals surface area contributed by atoms with E-state index in [1.807, 2.05) is 88.5 Å². The number of amides is 3. The van der Waals surface area contributed by atoms with Crippen LogP contribution >= 0.6 is 11.3 Å². The van der Waals surface area contributed by atoms with Gasteiger partial charge >= 0.3 is 0 Å². The number of carbonyl (C=O) groups is 3. The van der Waals surface area contributed by atoms with Crippen molar-refractivity contribution in [2.24, 2.45) is 0 Å². The summed E-state index contributed by atoms with van der Waals surface area (Å²) in [5.41, 5.74) is 2.85. The van der Waals surface area contributed by atoms with Crippen molar-refractivity contribution in [3.05, 3.63) is 87.6 Å². The standard InChI is InChI=1S/C28H33N3O3S/c1-6-28(4,5)30-27(34)25(21-14-12-19(2)13-15-21)31(22-10-7-9-20(3)17-22)24(32)18-29-26(33)23-11-8-16-35-23/h7-17,25H,6,18H2,1-5H3,(H,29,33)(H,30,34). The van der Waals surface area contributed by atoms with Crippen LogP contribution in [0.4, 0.5) is 5.69 Å². The zero-order valence-corrected chi connectivity index (χ0v) is 21.7. The van der Waals surface area contributed by atoms with E-state index in [1.165, 1.54) is 16.2 Å². The second kappa shape index (κ2) is 11.3. The number of anilines is 1. The van der Waals surface area contributed by atoms with Gasteiger partial charge in [0.15, 0.2) is 0 Å². The van der Waals surface area contributed by atoms with Gasteiger partial charge in [-0.1, -0.05) is 55.0 Å². The summed E-state index contributed by atoms with van der Waals surface area (Å²) in [5.74, 6) is -0.975. The van der Waals surface area contributed by atoms with Crippen molar-refractivity contribution >= 4 is 34.7 Å². The normalized spacial score (nSPS) is 12.0. The molecule has 3 aromatic rings. The second-order valence-electron chi connectivity index (χ2n) is 9.30. The lowest BCUT2D eigenvalue weighted by Gasteiger charge is -2.35. The van der Waals surface area contributed by atoms with Crippen molar-refractivity contribution in [3.8, 4) is 0 Å². The molecule has 0 radical (unpaired) electrons. The highest BCUT2D eigenvalue weighted by Gasteiger charge is 2.35. The largest absolute Gasteiger partial charge is 0.349 e. The van der Waals surface area contributed by atoms with Crippen molar-refractivity contribution in [2.45, 2.75) is 52.6 Å². The van der Waals surface area contributed by atoms with E-state index in [9.17, 15) is 14.4 Å². The summed E-state index contributed by atoms with van der Waals surface area (Å²) in [6, 6.07) is 17.7.